The summed E-state index contributed by atoms with van der Waals surface area (Å²) in [4.78, 5) is 15.1. The van der Waals surface area contributed by atoms with E-state index in [1.54, 1.807) is 6.20 Å². The standard InChI is InChI=1S/C19H25NO2/c1-12(2)15-11-19(22)16(13(3)4)10-14(15)7-8-18(21)17-6-5-9-20-17/h5-6,9-13,20,22H,7-8H2,1-4H3. The number of nitrogens with one attached hydrogen (secondary N) is 1. The minimum atomic E-state index is 0.124. The average molecular weight is 299 g/mol. The minimum absolute atomic E-state index is 0.124. The summed E-state index contributed by atoms with van der Waals surface area (Å²) in [5.74, 6) is 1.07. The van der Waals surface area contributed by atoms with Gasteiger partial charge in [-0.05, 0) is 53.1 Å². The monoisotopic (exact) mass is 299 g/mol. The molecule has 3 heteroatoms. The normalized spacial score (nSPS) is 11.4. The number of carbonyl (C=O) groups is 1. The van der Waals surface area contributed by atoms with Gasteiger partial charge in [0.2, 0.25) is 0 Å². The molecule has 0 bridgehead atoms. The molecule has 0 aliphatic carbocycles. The quantitative estimate of drug-likeness (QED) is 0.754. The second kappa shape index (κ2) is 6.82. The van der Waals surface area contributed by atoms with Crippen LogP contribution in [-0.2, 0) is 6.42 Å². The van der Waals surface area contributed by atoms with Crippen LogP contribution in [0.3, 0.4) is 0 Å². The molecule has 22 heavy (non-hydrogen) atoms. The van der Waals surface area contributed by atoms with E-state index in [1.165, 1.54) is 0 Å². The minimum Gasteiger partial charge on any atom is -0.508 e. The van der Waals surface area contributed by atoms with E-state index in [0.29, 0.717) is 30.2 Å². The van der Waals surface area contributed by atoms with E-state index in [9.17, 15) is 9.90 Å². The van der Waals surface area contributed by atoms with Gasteiger partial charge in [0.1, 0.15) is 5.75 Å². The first kappa shape index (κ1) is 16.3. The van der Waals surface area contributed by atoms with Gasteiger partial charge in [0.05, 0.1) is 5.69 Å². The maximum absolute atomic E-state index is 12.2. The Morgan fingerprint density at radius 1 is 1.14 bits per heavy atom. The first-order chi connectivity index (χ1) is 10.4. The molecule has 2 N–H and O–H groups in total. The number of hydrogen-bond acceptors (Lipinski definition) is 2. The predicted octanol–water partition coefficient (Wildman–Crippen LogP) is 4.78. The topological polar surface area (TPSA) is 53.1 Å². The Balaban J connectivity index is 2.24. The highest BCUT2D eigenvalue weighted by molar-refractivity contribution is 5.94. The zero-order chi connectivity index (χ0) is 16.3. The van der Waals surface area contributed by atoms with Crippen molar-refractivity contribution in [3.8, 4) is 5.75 Å². The Hall–Kier alpha value is -2.03. The number of phenols is 1. The number of aromatic hydroxyl groups is 1. The number of hydrogen-bond donors (Lipinski definition) is 2. The molecule has 0 radical (unpaired) electrons. The summed E-state index contributed by atoms with van der Waals surface area (Å²) >= 11 is 0. The number of benzene rings is 1. The van der Waals surface area contributed by atoms with Crippen LogP contribution in [0.2, 0.25) is 0 Å². The third-order valence-corrected chi connectivity index (χ3v) is 4.05. The van der Waals surface area contributed by atoms with Gasteiger partial charge in [-0.1, -0.05) is 33.8 Å². The third-order valence-electron chi connectivity index (χ3n) is 4.05. The van der Waals surface area contributed by atoms with Gasteiger partial charge in [-0.25, -0.2) is 0 Å². The molecular weight excluding hydrogens is 274 g/mol. The van der Waals surface area contributed by atoms with Crippen LogP contribution in [0.1, 0.15) is 73.1 Å². The molecule has 1 heterocycles. The Bertz CT molecular complexity index is 640. The molecule has 2 rings (SSSR count). The maximum atomic E-state index is 12.2. The number of aromatic amines is 1. The molecule has 3 nitrogen and oxygen atoms in total. The van der Waals surface area contributed by atoms with Gasteiger partial charge >= 0.3 is 0 Å². The number of phenolic OH excluding ortho intramolecular Hbond substituents is 1. The summed E-state index contributed by atoms with van der Waals surface area (Å²) in [6.07, 6.45) is 2.94. The van der Waals surface area contributed by atoms with Crippen molar-refractivity contribution in [2.45, 2.75) is 52.4 Å². The zero-order valence-corrected chi connectivity index (χ0v) is 13.8. The Morgan fingerprint density at radius 2 is 1.82 bits per heavy atom. The van der Waals surface area contributed by atoms with E-state index in [2.05, 4.69) is 38.7 Å². The van der Waals surface area contributed by atoms with Crippen LogP contribution in [0.15, 0.2) is 30.5 Å². The van der Waals surface area contributed by atoms with Crippen molar-refractivity contribution < 1.29 is 9.90 Å². The summed E-state index contributed by atoms with van der Waals surface area (Å²) in [6.45, 7) is 8.36. The number of carbonyl (C=O) groups excluding carboxylic acids is 1. The second-order valence-corrected chi connectivity index (χ2v) is 6.43. The van der Waals surface area contributed by atoms with Crippen molar-refractivity contribution in [2.24, 2.45) is 0 Å². The number of rotatable bonds is 6. The average Bonchev–Trinajstić information content (AvgIpc) is 2.99. The van der Waals surface area contributed by atoms with Crippen molar-refractivity contribution in [1.82, 2.24) is 4.98 Å². The largest absolute Gasteiger partial charge is 0.508 e. The highest BCUT2D eigenvalue weighted by Gasteiger charge is 2.15. The highest BCUT2D eigenvalue weighted by Crippen LogP contribution is 2.32. The lowest BCUT2D eigenvalue weighted by molar-refractivity contribution is 0.0978. The van der Waals surface area contributed by atoms with Gasteiger partial charge in [0.25, 0.3) is 0 Å². The van der Waals surface area contributed by atoms with Gasteiger partial charge in [0.15, 0.2) is 5.78 Å². The molecule has 2 aromatic rings. The first-order valence-electron chi connectivity index (χ1n) is 7.92. The van der Waals surface area contributed by atoms with Crippen molar-refractivity contribution >= 4 is 5.78 Å². The van der Waals surface area contributed by atoms with Gasteiger partial charge < -0.3 is 10.1 Å². The van der Waals surface area contributed by atoms with Gasteiger partial charge in [-0.2, -0.15) is 0 Å². The van der Waals surface area contributed by atoms with Crippen molar-refractivity contribution in [2.75, 3.05) is 0 Å². The van der Waals surface area contributed by atoms with E-state index in [1.807, 2.05) is 18.2 Å². The van der Waals surface area contributed by atoms with Crippen LogP contribution in [-0.4, -0.2) is 15.9 Å². The molecule has 0 spiro atoms. The van der Waals surface area contributed by atoms with Crippen LogP contribution in [0.5, 0.6) is 5.75 Å². The molecule has 0 saturated carbocycles. The molecule has 1 aromatic heterocycles. The van der Waals surface area contributed by atoms with E-state index >= 15 is 0 Å². The van der Waals surface area contributed by atoms with E-state index in [0.717, 1.165) is 16.7 Å². The Kier molecular flexibility index (Phi) is 5.07. The SMILES string of the molecule is CC(C)c1cc(CCC(=O)c2ccc[nH]2)c(C(C)C)cc1O. The molecule has 0 aliphatic rings. The molecule has 0 atom stereocenters. The van der Waals surface area contributed by atoms with Gasteiger partial charge in [0, 0.05) is 12.6 Å². The molecule has 0 amide bonds. The Morgan fingerprint density at radius 3 is 2.36 bits per heavy atom. The van der Waals surface area contributed by atoms with Crippen LogP contribution < -0.4 is 0 Å². The fourth-order valence-electron chi connectivity index (χ4n) is 2.77. The summed E-state index contributed by atoms with van der Waals surface area (Å²) < 4.78 is 0. The molecule has 0 aliphatic heterocycles. The van der Waals surface area contributed by atoms with Crippen molar-refractivity contribution in [3.05, 3.63) is 52.8 Å². The summed E-state index contributed by atoms with van der Waals surface area (Å²) in [6, 6.07) is 7.58. The second-order valence-electron chi connectivity index (χ2n) is 6.43. The smallest absolute Gasteiger partial charge is 0.179 e. The molecule has 0 unspecified atom stereocenters. The number of aryl methyl sites for hydroxylation is 1. The molecule has 0 saturated heterocycles. The van der Waals surface area contributed by atoms with Crippen LogP contribution in [0.25, 0.3) is 0 Å². The fraction of sp³-hybridized carbons (Fsp3) is 0.421. The maximum Gasteiger partial charge on any atom is 0.179 e. The summed E-state index contributed by atoms with van der Waals surface area (Å²) in [5.41, 5.74) is 3.90. The van der Waals surface area contributed by atoms with E-state index in [4.69, 9.17) is 0 Å². The Labute approximate surface area is 132 Å². The van der Waals surface area contributed by atoms with Crippen LogP contribution >= 0.6 is 0 Å². The lowest BCUT2D eigenvalue weighted by atomic mass is 9.89. The molecule has 118 valence electrons. The number of Topliss-reactive ketones (excluding diaryl/α,β-unsaturated/α-hetero) is 1. The fourth-order valence-corrected chi connectivity index (χ4v) is 2.77. The third kappa shape index (κ3) is 3.59. The summed E-state index contributed by atoms with van der Waals surface area (Å²) in [5, 5.41) is 10.2. The van der Waals surface area contributed by atoms with E-state index in [-0.39, 0.29) is 11.7 Å². The number of ketones is 1. The van der Waals surface area contributed by atoms with E-state index < -0.39 is 0 Å². The van der Waals surface area contributed by atoms with Gasteiger partial charge in [-0.3, -0.25) is 4.79 Å². The van der Waals surface area contributed by atoms with Gasteiger partial charge in [-0.15, -0.1) is 0 Å². The highest BCUT2D eigenvalue weighted by atomic mass is 16.3. The number of aromatic nitrogens is 1. The molecule has 0 fully saturated rings. The summed E-state index contributed by atoms with van der Waals surface area (Å²) in [7, 11) is 0. The lowest BCUT2D eigenvalue weighted by Gasteiger charge is -2.17. The molecular formula is C19H25NO2. The number of H-pyrrole nitrogens is 1. The first-order valence-corrected chi connectivity index (χ1v) is 7.92. The van der Waals surface area contributed by atoms with Crippen LogP contribution in [0.4, 0.5) is 0 Å². The van der Waals surface area contributed by atoms with Crippen molar-refractivity contribution in [1.29, 1.82) is 0 Å². The molecule has 1 aromatic carbocycles. The zero-order valence-electron chi connectivity index (χ0n) is 13.8. The van der Waals surface area contributed by atoms with Crippen LogP contribution in [0, 0.1) is 0 Å². The predicted molar refractivity (Wildman–Crippen MR) is 89.7 cm³/mol. The van der Waals surface area contributed by atoms with Crippen molar-refractivity contribution in [3.63, 3.8) is 0 Å². The lowest BCUT2D eigenvalue weighted by Crippen LogP contribution is -2.05.